The molecule has 11 heteroatoms. The van der Waals surface area contributed by atoms with Crippen molar-refractivity contribution in [2.45, 2.75) is 45.4 Å². The molecule has 3 aromatic carbocycles. The van der Waals surface area contributed by atoms with Gasteiger partial charge in [-0.2, -0.15) is 0 Å². The fraction of sp³-hybridized carbons (Fsp3) is 0.250. The molecule has 0 bridgehead atoms. The molecule has 0 saturated carbocycles. The Balaban J connectivity index is 1.52. The highest BCUT2D eigenvalue weighted by molar-refractivity contribution is 6.37. The molecule has 0 aliphatic rings. The first kappa shape index (κ1) is 28.1. The predicted octanol–water partition coefficient (Wildman–Crippen LogP) is 6.48. The largest absolute Gasteiger partial charge is 0.486 e. The molecule has 1 amide bonds. The molecule has 1 heterocycles. The number of alkyl carbamates (subject to hydrolysis) is 1. The summed E-state index contributed by atoms with van der Waals surface area (Å²) in [6.07, 6.45) is -0.923. The van der Waals surface area contributed by atoms with Crippen LogP contribution in [0.25, 0.3) is 22.6 Å². The third-order valence-corrected chi connectivity index (χ3v) is 6.03. The predicted molar refractivity (Wildman–Crippen MR) is 149 cm³/mol. The summed E-state index contributed by atoms with van der Waals surface area (Å²) in [6.45, 7) is 5.07. The Hall–Kier alpha value is -3.95. The van der Waals surface area contributed by atoms with E-state index in [1.807, 2.05) is 30.3 Å². The van der Waals surface area contributed by atoms with Crippen molar-refractivity contribution in [3.63, 3.8) is 0 Å². The fourth-order valence-electron chi connectivity index (χ4n) is 3.84. The molecule has 1 atom stereocenters. The second-order valence-electron chi connectivity index (χ2n) is 9.83. The summed E-state index contributed by atoms with van der Waals surface area (Å²) in [5, 5.41) is 12.3. The first-order chi connectivity index (χ1) is 18.4. The molecule has 0 fully saturated rings. The topological polar surface area (TPSA) is 137 Å². The number of carboxylic acid groups (broad SMARTS) is 1. The number of hydrogen-bond donors (Lipinski definition) is 3. The van der Waals surface area contributed by atoms with Gasteiger partial charge in [0, 0.05) is 23.2 Å². The number of rotatable bonds is 8. The summed E-state index contributed by atoms with van der Waals surface area (Å²) in [6, 6.07) is 14.7. The van der Waals surface area contributed by atoms with E-state index in [0.29, 0.717) is 33.8 Å². The molecular weight excluding hydrogens is 545 g/mol. The average Bonchev–Trinajstić information content (AvgIpc) is 3.26. The number of aromatic nitrogens is 1. The molecule has 4 aromatic rings. The Morgan fingerprint density at radius 1 is 1.10 bits per heavy atom. The Morgan fingerprint density at radius 3 is 2.38 bits per heavy atom. The summed E-state index contributed by atoms with van der Waals surface area (Å²) in [4.78, 5) is 28.4. The number of ether oxygens (including phenoxy) is 2. The van der Waals surface area contributed by atoms with Gasteiger partial charge in [0.25, 0.3) is 0 Å². The summed E-state index contributed by atoms with van der Waals surface area (Å²) in [5.41, 5.74) is 8.84. The molecule has 0 unspecified atom stereocenters. The normalized spacial score (nSPS) is 12.2. The number of nitrogen functional groups attached to an aromatic ring is 1. The lowest BCUT2D eigenvalue weighted by Crippen LogP contribution is -2.44. The molecule has 0 aliphatic carbocycles. The Bertz CT molecular complexity index is 1490. The zero-order valence-corrected chi connectivity index (χ0v) is 23.0. The quantitative estimate of drug-likeness (QED) is 0.204. The highest BCUT2D eigenvalue weighted by Crippen LogP contribution is 2.36. The monoisotopic (exact) mass is 571 g/mol. The lowest BCUT2D eigenvalue weighted by molar-refractivity contribution is -0.139. The van der Waals surface area contributed by atoms with E-state index in [-0.39, 0.29) is 28.8 Å². The molecule has 9 nitrogen and oxygen atoms in total. The fourth-order valence-corrected chi connectivity index (χ4v) is 4.48. The first-order valence-electron chi connectivity index (χ1n) is 12.0. The number of halogens is 2. The number of carboxylic acids is 1. The zero-order chi connectivity index (χ0) is 28.3. The first-order valence-corrected chi connectivity index (χ1v) is 12.7. The van der Waals surface area contributed by atoms with Crippen LogP contribution in [0.3, 0.4) is 0 Å². The number of carbonyl (C=O) groups is 2. The summed E-state index contributed by atoms with van der Waals surface area (Å²) < 4.78 is 17.1. The van der Waals surface area contributed by atoms with Crippen molar-refractivity contribution in [2.75, 3.05) is 5.73 Å². The average molecular weight is 572 g/mol. The van der Waals surface area contributed by atoms with Crippen LogP contribution in [0.5, 0.6) is 5.75 Å². The highest BCUT2D eigenvalue weighted by atomic mass is 35.5. The van der Waals surface area contributed by atoms with Gasteiger partial charge in [-0.05, 0) is 62.7 Å². The van der Waals surface area contributed by atoms with E-state index in [1.165, 1.54) is 12.1 Å². The minimum absolute atomic E-state index is 0.0295. The van der Waals surface area contributed by atoms with Crippen LogP contribution in [0.15, 0.2) is 59.0 Å². The van der Waals surface area contributed by atoms with E-state index in [4.69, 9.17) is 42.8 Å². The van der Waals surface area contributed by atoms with Gasteiger partial charge >= 0.3 is 12.1 Å². The van der Waals surface area contributed by atoms with Crippen LogP contribution in [0.1, 0.15) is 31.9 Å². The molecule has 4 N–H and O–H groups in total. The lowest BCUT2D eigenvalue weighted by atomic mass is 10.1. The number of benzene rings is 3. The van der Waals surface area contributed by atoms with Crippen molar-refractivity contribution in [1.82, 2.24) is 10.3 Å². The molecule has 0 radical (unpaired) electrons. The lowest BCUT2D eigenvalue weighted by Gasteiger charge is -2.22. The minimum Gasteiger partial charge on any atom is -0.486 e. The zero-order valence-electron chi connectivity index (χ0n) is 21.5. The van der Waals surface area contributed by atoms with Crippen molar-refractivity contribution in [3.05, 3.63) is 75.8 Å². The van der Waals surface area contributed by atoms with E-state index < -0.39 is 23.7 Å². The van der Waals surface area contributed by atoms with E-state index in [2.05, 4.69) is 10.3 Å². The van der Waals surface area contributed by atoms with E-state index in [0.717, 1.165) is 5.56 Å². The number of nitrogens with one attached hydrogen (secondary N) is 1. The molecule has 4 rings (SSSR count). The molecule has 0 saturated heterocycles. The number of nitrogens with zero attached hydrogens (tertiary/aromatic N) is 1. The van der Waals surface area contributed by atoms with Gasteiger partial charge in [-0.15, -0.1) is 0 Å². The van der Waals surface area contributed by atoms with Gasteiger partial charge in [0.05, 0.1) is 10.0 Å². The van der Waals surface area contributed by atoms with Crippen LogP contribution in [0.4, 0.5) is 10.5 Å². The highest BCUT2D eigenvalue weighted by Gasteiger charge is 2.25. The van der Waals surface area contributed by atoms with Gasteiger partial charge in [-0.1, -0.05) is 41.4 Å². The number of oxazole rings is 1. The second kappa shape index (κ2) is 11.4. The number of fused-ring (bicyclic) bond motifs is 1. The number of aliphatic carboxylic acids is 1. The molecule has 0 aliphatic heterocycles. The SMILES string of the molecule is CC(C)(C)OC(=O)N[C@@H](Cc1cc(Cl)c(OCc2cc(N)cc3nc(-c4ccccc4)oc23)c(Cl)c1)C(=O)O. The van der Waals surface area contributed by atoms with Crippen LogP contribution in [-0.2, 0) is 22.6 Å². The maximum absolute atomic E-state index is 12.1. The Kier molecular flexibility index (Phi) is 8.22. The molecule has 39 heavy (non-hydrogen) atoms. The summed E-state index contributed by atoms with van der Waals surface area (Å²) in [5.74, 6) is -0.584. The smallest absolute Gasteiger partial charge is 0.408 e. The van der Waals surface area contributed by atoms with Crippen LogP contribution in [0.2, 0.25) is 10.0 Å². The van der Waals surface area contributed by atoms with Crippen LogP contribution in [0, 0.1) is 0 Å². The van der Waals surface area contributed by atoms with E-state index in [1.54, 1.807) is 32.9 Å². The third-order valence-electron chi connectivity index (χ3n) is 5.47. The van der Waals surface area contributed by atoms with Gasteiger partial charge in [0.15, 0.2) is 11.3 Å². The standard InChI is InChI=1S/C28H27Cl2N3O6/c1-28(2,3)39-27(36)33-22(26(34)35)11-15-9-19(29)24(20(30)10-15)37-14-17-12-18(31)13-21-23(17)38-25(32-21)16-7-5-4-6-8-16/h4-10,12-13,22H,11,14,31H2,1-3H3,(H,33,36)(H,34,35)/t22-/m0/s1. The van der Waals surface area contributed by atoms with Gasteiger partial charge in [-0.3, -0.25) is 0 Å². The van der Waals surface area contributed by atoms with Crippen LogP contribution < -0.4 is 15.8 Å². The van der Waals surface area contributed by atoms with Gasteiger partial charge < -0.3 is 30.0 Å². The number of anilines is 1. The van der Waals surface area contributed by atoms with Gasteiger partial charge in [-0.25, -0.2) is 14.6 Å². The Morgan fingerprint density at radius 2 is 1.77 bits per heavy atom. The third kappa shape index (κ3) is 7.13. The van der Waals surface area contributed by atoms with Crippen molar-refractivity contribution in [2.24, 2.45) is 0 Å². The van der Waals surface area contributed by atoms with Crippen molar-refractivity contribution < 1.29 is 28.6 Å². The summed E-state index contributed by atoms with van der Waals surface area (Å²) >= 11 is 12.9. The maximum Gasteiger partial charge on any atom is 0.408 e. The number of amides is 1. The van der Waals surface area contributed by atoms with Gasteiger partial charge in [0.1, 0.15) is 23.8 Å². The van der Waals surface area contributed by atoms with E-state index in [9.17, 15) is 14.7 Å². The number of hydrogen-bond acceptors (Lipinski definition) is 7. The van der Waals surface area contributed by atoms with Crippen molar-refractivity contribution >= 4 is 52.1 Å². The molecule has 1 aromatic heterocycles. The maximum atomic E-state index is 12.1. The van der Waals surface area contributed by atoms with Gasteiger partial charge in [0.2, 0.25) is 5.89 Å². The minimum atomic E-state index is -1.26. The van der Waals surface area contributed by atoms with E-state index >= 15 is 0 Å². The van der Waals surface area contributed by atoms with Crippen LogP contribution in [-0.4, -0.2) is 33.8 Å². The molecule has 0 spiro atoms. The van der Waals surface area contributed by atoms with Crippen molar-refractivity contribution in [3.8, 4) is 17.2 Å². The Labute approximate surface area is 234 Å². The molecule has 204 valence electrons. The number of nitrogens with two attached hydrogens (primary N) is 1. The van der Waals surface area contributed by atoms with Crippen molar-refractivity contribution in [1.29, 1.82) is 0 Å². The van der Waals surface area contributed by atoms with Crippen LogP contribution >= 0.6 is 23.2 Å². The molecular formula is C28H27Cl2N3O6. The summed E-state index contributed by atoms with van der Waals surface area (Å²) in [7, 11) is 0. The number of carbonyl (C=O) groups excluding carboxylic acids is 1. The second-order valence-corrected chi connectivity index (χ2v) is 10.6.